The molecule has 0 aliphatic carbocycles. The largest absolute Gasteiger partial charge is 0.497 e. The van der Waals surface area contributed by atoms with Crippen molar-refractivity contribution in [2.24, 2.45) is 0 Å². The summed E-state index contributed by atoms with van der Waals surface area (Å²) in [6.07, 6.45) is 2.21. The molecule has 1 N–H and O–H groups in total. The van der Waals surface area contributed by atoms with Crippen LogP contribution >= 0.6 is 0 Å². The SMILES string of the molecule is CNC1CCCOc2cc(OC)ccc21. The van der Waals surface area contributed by atoms with E-state index in [0.717, 1.165) is 30.9 Å². The van der Waals surface area contributed by atoms with Crippen LogP contribution in [-0.4, -0.2) is 20.8 Å². The molecule has 2 rings (SSSR count). The van der Waals surface area contributed by atoms with Crippen molar-refractivity contribution in [2.45, 2.75) is 18.9 Å². The van der Waals surface area contributed by atoms with Gasteiger partial charge >= 0.3 is 0 Å². The first-order valence-electron chi connectivity index (χ1n) is 5.33. The van der Waals surface area contributed by atoms with Crippen molar-refractivity contribution < 1.29 is 9.47 Å². The summed E-state index contributed by atoms with van der Waals surface area (Å²) in [5, 5.41) is 3.32. The molecule has 15 heavy (non-hydrogen) atoms. The van der Waals surface area contributed by atoms with Crippen molar-refractivity contribution >= 4 is 0 Å². The highest BCUT2D eigenvalue weighted by atomic mass is 16.5. The number of hydrogen-bond acceptors (Lipinski definition) is 3. The molecule has 0 aromatic heterocycles. The molecule has 1 heterocycles. The number of methoxy groups -OCH3 is 1. The third-order valence-corrected chi connectivity index (χ3v) is 2.84. The third-order valence-electron chi connectivity index (χ3n) is 2.84. The van der Waals surface area contributed by atoms with E-state index in [1.54, 1.807) is 7.11 Å². The predicted octanol–water partition coefficient (Wildman–Crippen LogP) is 2.13. The lowest BCUT2D eigenvalue weighted by molar-refractivity contribution is 0.313. The Morgan fingerprint density at radius 2 is 2.33 bits per heavy atom. The second kappa shape index (κ2) is 4.53. The Morgan fingerprint density at radius 3 is 3.07 bits per heavy atom. The van der Waals surface area contributed by atoms with Crippen molar-refractivity contribution in [3.05, 3.63) is 23.8 Å². The lowest BCUT2D eigenvalue weighted by Crippen LogP contribution is -2.15. The molecule has 1 aliphatic rings. The van der Waals surface area contributed by atoms with Gasteiger partial charge in [0.25, 0.3) is 0 Å². The Balaban J connectivity index is 2.36. The van der Waals surface area contributed by atoms with Crippen LogP contribution in [0.2, 0.25) is 0 Å². The predicted molar refractivity (Wildman–Crippen MR) is 59.5 cm³/mol. The first-order valence-corrected chi connectivity index (χ1v) is 5.33. The molecule has 1 aliphatic heterocycles. The van der Waals surface area contributed by atoms with Crippen LogP contribution in [-0.2, 0) is 0 Å². The Hall–Kier alpha value is -1.22. The highest BCUT2D eigenvalue weighted by molar-refractivity contribution is 5.43. The fourth-order valence-corrected chi connectivity index (χ4v) is 1.98. The van der Waals surface area contributed by atoms with Gasteiger partial charge in [0.1, 0.15) is 11.5 Å². The van der Waals surface area contributed by atoms with E-state index >= 15 is 0 Å². The van der Waals surface area contributed by atoms with Crippen LogP contribution in [0.4, 0.5) is 0 Å². The smallest absolute Gasteiger partial charge is 0.127 e. The summed E-state index contributed by atoms with van der Waals surface area (Å²) in [4.78, 5) is 0. The summed E-state index contributed by atoms with van der Waals surface area (Å²) in [6.45, 7) is 0.790. The van der Waals surface area contributed by atoms with E-state index < -0.39 is 0 Å². The number of rotatable bonds is 2. The summed E-state index contributed by atoms with van der Waals surface area (Å²) < 4.78 is 10.9. The van der Waals surface area contributed by atoms with Gasteiger partial charge in [0.2, 0.25) is 0 Å². The maximum Gasteiger partial charge on any atom is 0.127 e. The summed E-state index contributed by atoms with van der Waals surface area (Å²) in [5.41, 5.74) is 1.23. The first-order chi connectivity index (χ1) is 7.35. The highest BCUT2D eigenvalue weighted by Crippen LogP contribution is 2.33. The Labute approximate surface area is 90.4 Å². The zero-order valence-electron chi connectivity index (χ0n) is 9.25. The fourth-order valence-electron chi connectivity index (χ4n) is 1.98. The number of nitrogens with one attached hydrogen (secondary N) is 1. The Bertz CT molecular complexity index is 338. The van der Waals surface area contributed by atoms with Gasteiger partial charge in [-0.2, -0.15) is 0 Å². The molecule has 0 bridgehead atoms. The third kappa shape index (κ3) is 2.07. The number of hydrogen-bond donors (Lipinski definition) is 1. The van der Waals surface area contributed by atoms with Gasteiger partial charge in [0.15, 0.2) is 0 Å². The quantitative estimate of drug-likeness (QED) is 0.805. The van der Waals surface area contributed by atoms with Crippen LogP contribution < -0.4 is 14.8 Å². The van der Waals surface area contributed by atoms with Gasteiger partial charge in [0.05, 0.1) is 13.7 Å². The minimum Gasteiger partial charge on any atom is -0.497 e. The average molecular weight is 207 g/mol. The van der Waals surface area contributed by atoms with Crippen molar-refractivity contribution in [1.29, 1.82) is 0 Å². The monoisotopic (exact) mass is 207 g/mol. The fraction of sp³-hybridized carbons (Fsp3) is 0.500. The van der Waals surface area contributed by atoms with E-state index in [4.69, 9.17) is 9.47 Å². The van der Waals surface area contributed by atoms with Crippen LogP contribution in [0.3, 0.4) is 0 Å². The molecule has 1 unspecified atom stereocenters. The van der Waals surface area contributed by atoms with Crippen molar-refractivity contribution in [1.82, 2.24) is 5.32 Å². The Morgan fingerprint density at radius 1 is 1.47 bits per heavy atom. The van der Waals surface area contributed by atoms with E-state index in [-0.39, 0.29) is 0 Å². The summed E-state index contributed by atoms with van der Waals surface area (Å²) in [5.74, 6) is 1.80. The van der Waals surface area contributed by atoms with E-state index in [9.17, 15) is 0 Å². The standard InChI is InChI=1S/C12H17NO2/c1-13-11-4-3-7-15-12-8-9(14-2)5-6-10(11)12/h5-6,8,11,13H,3-4,7H2,1-2H3. The van der Waals surface area contributed by atoms with E-state index in [1.807, 2.05) is 19.2 Å². The molecule has 0 spiro atoms. The minimum absolute atomic E-state index is 0.397. The van der Waals surface area contributed by atoms with Crippen molar-refractivity contribution in [3.63, 3.8) is 0 Å². The minimum atomic E-state index is 0.397. The van der Waals surface area contributed by atoms with Gasteiger partial charge < -0.3 is 14.8 Å². The molecule has 82 valence electrons. The average Bonchev–Trinajstić information content (AvgIpc) is 2.49. The second-order valence-electron chi connectivity index (χ2n) is 3.74. The van der Waals surface area contributed by atoms with Crippen molar-refractivity contribution in [3.8, 4) is 11.5 Å². The Kier molecular flexibility index (Phi) is 3.11. The zero-order chi connectivity index (χ0) is 10.7. The van der Waals surface area contributed by atoms with Gasteiger partial charge in [-0.15, -0.1) is 0 Å². The van der Waals surface area contributed by atoms with Gasteiger partial charge in [-0.1, -0.05) is 6.07 Å². The molecule has 1 aromatic carbocycles. The molecule has 3 heteroatoms. The first kappa shape index (κ1) is 10.3. The second-order valence-corrected chi connectivity index (χ2v) is 3.74. The highest BCUT2D eigenvalue weighted by Gasteiger charge is 2.18. The molecule has 0 saturated carbocycles. The molecule has 0 fully saturated rings. The molecule has 3 nitrogen and oxygen atoms in total. The molecule has 1 atom stereocenters. The van der Waals surface area contributed by atoms with Crippen molar-refractivity contribution in [2.75, 3.05) is 20.8 Å². The van der Waals surface area contributed by atoms with Gasteiger partial charge in [-0.25, -0.2) is 0 Å². The van der Waals surface area contributed by atoms with Gasteiger partial charge in [-0.3, -0.25) is 0 Å². The van der Waals surface area contributed by atoms with Gasteiger partial charge in [-0.05, 0) is 26.0 Å². The van der Waals surface area contributed by atoms with Crippen LogP contribution in [0.1, 0.15) is 24.4 Å². The summed E-state index contributed by atoms with van der Waals surface area (Å²) >= 11 is 0. The number of ether oxygens (including phenoxy) is 2. The lowest BCUT2D eigenvalue weighted by atomic mass is 10.0. The maximum absolute atomic E-state index is 5.70. The number of fused-ring (bicyclic) bond motifs is 1. The number of benzene rings is 1. The normalized spacial score (nSPS) is 20.0. The molecule has 0 saturated heterocycles. The molecular weight excluding hydrogens is 190 g/mol. The molecule has 1 aromatic rings. The molecule has 0 radical (unpaired) electrons. The topological polar surface area (TPSA) is 30.5 Å². The maximum atomic E-state index is 5.70. The molecule has 0 amide bonds. The van der Waals surface area contributed by atoms with E-state index in [0.29, 0.717) is 6.04 Å². The van der Waals surface area contributed by atoms with Crippen LogP contribution in [0.15, 0.2) is 18.2 Å². The van der Waals surface area contributed by atoms with Crippen LogP contribution in [0.25, 0.3) is 0 Å². The molecular formula is C12H17NO2. The van der Waals surface area contributed by atoms with Crippen LogP contribution in [0.5, 0.6) is 11.5 Å². The summed E-state index contributed by atoms with van der Waals surface area (Å²) in [6, 6.07) is 6.43. The summed E-state index contributed by atoms with van der Waals surface area (Å²) in [7, 11) is 3.66. The van der Waals surface area contributed by atoms with E-state index in [2.05, 4.69) is 11.4 Å². The lowest BCUT2D eigenvalue weighted by Gasteiger charge is -2.16. The van der Waals surface area contributed by atoms with Gasteiger partial charge in [0, 0.05) is 17.7 Å². The van der Waals surface area contributed by atoms with E-state index in [1.165, 1.54) is 5.56 Å². The zero-order valence-corrected chi connectivity index (χ0v) is 9.25. The van der Waals surface area contributed by atoms with Crippen LogP contribution in [0, 0.1) is 0 Å².